The number of nitrogens with two attached hydrogens (primary N) is 1. The number of carbonyl (C=O) groups excluding carboxylic acids is 1. The Morgan fingerprint density at radius 1 is 1.11 bits per heavy atom. The van der Waals surface area contributed by atoms with Crippen LogP contribution in [0, 0.1) is 17.1 Å². The highest BCUT2D eigenvalue weighted by atomic mass is 19.1. The Kier molecular flexibility index (Phi) is 5.28. The zero-order chi connectivity index (χ0) is 19.2. The normalized spacial score (nSPS) is 10.1. The van der Waals surface area contributed by atoms with Crippen LogP contribution in [0.1, 0.15) is 5.56 Å². The monoisotopic (exact) mass is 362 g/mol. The second-order valence-corrected chi connectivity index (χ2v) is 5.64. The third kappa shape index (κ3) is 4.80. The van der Waals surface area contributed by atoms with Gasteiger partial charge in [-0.25, -0.2) is 9.37 Å². The predicted molar refractivity (Wildman–Crippen MR) is 98.5 cm³/mol. The molecule has 0 saturated carbocycles. The molecule has 1 aromatic heterocycles. The van der Waals surface area contributed by atoms with Gasteiger partial charge >= 0.3 is 0 Å². The summed E-state index contributed by atoms with van der Waals surface area (Å²) in [5, 5.41) is 12.0. The Labute approximate surface area is 155 Å². The van der Waals surface area contributed by atoms with Gasteiger partial charge in [0.1, 0.15) is 23.1 Å². The molecule has 6 nitrogen and oxygen atoms in total. The molecule has 3 rings (SSSR count). The smallest absolute Gasteiger partial charge is 0.236 e. The lowest BCUT2D eigenvalue weighted by atomic mass is 10.1. The maximum Gasteiger partial charge on any atom is 0.236 e. The number of carbonyl (C=O) groups is 1. The van der Waals surface area contributed by atoms with Crippen molar-refractivity contribution in [2.75, 3.05) is 11.9 Å². The standard InChI is InChI=1S/C20H15FN4O2/c21-15-3-7-17(8-4-15)27-16-5-1-14(2-6-16)18-9-13(11-22)10-20(25-18)24-12-19(23)26/h1-10H,12H2,(H2,23,26)(H,24,25). The van der Waals surface area contributed by atoms with E-state index in [4.69, 9.17) is 10.5 Å². The van der Waals surface area contributed by atoms with Gasteiger partial charge in [-0.2, -0.15) is 5.26 Å². The molecule has 0 atom stereocenters. The largest absolute Gasteiger partial charge is 0.457 e. The number of nitrogens with one attached hydrogen (secondary N) is 1. The molecule has 0 aliphatic carbocycles. The van der Waals surface area contributed by atoms with Gasteiger partial charge in [0.25, 0.3) is 0 Å². The number of amides is 1. The second-order valence-electron chi connectivity index (χ2n) is 5.64. The van der Waals surface area contributed by atoms with E-state index in [-0.39, 0.29) is 12.4 Å². The van der Waals surface area contributed by atoms with E-state index in [1.54, 1.807) is 36.4 Å². The van der Waals surface area contributed by atoms with E-state index in [1.807, 2.05) is 0 Å². The first-order valence-corrected chi connectivity index (χ1v) is 8.02. The quantitative estimate of drug-likeness (QED) is 0.699. The van der Waals surface area contributed by atoms with Crippen LogP contribution in [0.3, 0.4) is 0 Å². The number of rotatable bonds is 6. The zero-order valence-electron chi connectivity index (χ0n) is 14.1. The van der Waals surface area contributed by atoms with Crippen molar-refractivity contribution < 1.29 is 13.9 Å². The maximum absolute atomic E-state index is 12.9. The molecule has 7 heteroatoms. The van der Waals surface area contributed by atoms with Crippen LogP contribution in [0.4, 0.5) is 10.2 Å². The lowest BCUT2D eigenvalue weighted by Crippen LogP contribution is -2.22. The van der Waals surface area contributed by atoms with Gasteiger partial charge in [-0.15, -0.1) is 0 Å². The third-order valence-electron chi connectivity index (χ3n) is 3.60. The predicted octanol–water partition coefficient (Wildman–Crippen LogP) is 3.45. The molecule has 3 N–H and O–H groups in total. The number of hydrogen-bond donors (Lipinski definition) is 2. The molecule has 134 valence electrons. The van der Waals surface area contributed by atoms with Gasteiger partial charge < -0.3 is 15.8 Å². The molecule has 2 aromatic carbocycles. The van der Waals surface area contributed by atoms with Crippen LogP contribution in [-0.4, -0.2) is 17.4 Å². The first-order valence-electron chi connectivity index (χ1n) is 8.02. The molecular weight excluding hydrogens is 347 g/mol. The van der Waals surface area contributed by atoms with Crippen LogP contribution >= 0.6 is 0 Å². The summed E-state index contributed by atoms with van der Waals surface area (Å²) in [5.41, 5.74) is 6.85. The lowest BCUT2D eigenvalue weighted by molar-refractivity contribution is -0.116. The van der Waals surface area contributed by atoms with Gasteiger partial charge in [0.05, 0.1) is 23.9 Å². The fraction of sp³-hybridized carbons (Fsp3) is 0.0500. The molecule has 0 aliphatic rings. The van der Waals surface area contributed by atoms with Crippen LogP contribution in [0.5, 0.6) is 11.5 Å². The first-order chi connectivity index (χ1) is 13.0. The molecule has 27 heavy (non-hydrogen) atoms. The van der Waals surface area contributed by atoms with Gasteiger partial charge in [0, 0.05) is 5.56 Å². The molecule has 0 unspecified atom stereocenters. The van der Waals surface area contributed by atoms with Gasteiger partial charge in [-0.3, -0.25) is 4.79 Å². The molecule has 1 heterocycles. The zero-order valence-corrected chi connectivity index (χ0v) is 14.1. The third-order valence-corrected chi connectivity index (χ3v) is 3.60. The number of nitrogens with zero attached hydrogens (tertiary/aromatic N) is 2. The Morgan fingerprint density at radius 2 is 1.74 bits per heavy atom. The first kappa shape index (κ1) is 17.9. The van der Waals surface area contributed by atoms with Crippen LogP contribution in [0.25, 0.3) is 11.3 Å². The number of anilines is 1. The van der Waals surface area contributed by atoms with Gasteiger partial charge in [0.15, 0.2) is 0 Å². The van der Waals surface area contributed by atoms with E-state index in [1.165, 1.54) is 24.3 Å². The van der Waals surface area contributed by atoms with Crippen molar-refractivity contribution in [3.63, 3.8) is 0 Å². The van der Waals surface area contributed by atoms with Gasteiger partial charge in [-0.05, 0) is 60.7 Å². The van der Waals surface area contributed by atoms with Crippen molar-refractivity contribution >= 4 is 11.7 Å². The van der Waals surface area contributed by atoms with Crippen molar-refractivity contribution in [2.45, 2.75) is 0 Å². The van der Waals surface area contributed by atoms with E-state index in [0.29, 0.717) is 28.6 Å². The minimum Gasteiger partial charge on any atom is -0.457 e. The van der Waals surface area contributed by atoms with Crippen molar-refractivity contribution in [2.24, 2.45) is 5.73 Å². The number of aromatic nitrogens is 1. The minimum absolute atomic E-state index is 0.0776. The molecule has 0 fully saturated rings. The summed E-state index contributed by atoms with van der Waals surface area (Å²) in [6.45, 7) is -0.0776. The molecule has 0 spiro atoms. The second kappa shape index (κ2) is 7.97. The molecule has 0 bridgehead atoms. The Morgan fingerprint density at radius 3 is 2.33 bits per heavy atom. The van der Waals surface area contributed by atoms with Crippen molar-refractivity contribution in [1.82, 2.24) is 4.98 Å². The van der Waals surface area contributed by atoms with Gasteiger partial charge in [-0.1, -0.05) is 0 Å². The molecule has 1 amide bonds. The Hall–Kier alpha value is -3.92. The molecule has 0 radical (unpaired) electrons. The summed E-state index contributed by atoms with van der Waals surface area (Å²) < 4.78 is 18.6. The van der Waals surface area contributed by atoms with Crippen molar-refractivity contribution in [3.8, 4) is 28.8 Å². The summed E-state index contributed by atoms with van der Waals surface area (Å²) in [6.07, 6.45) is 0. The average molecular weight is 362 g/mol. The fourth-order valence-electron chi connectivity index (χ4n) is 2.34. The van der Waals surface area contributed by atoms with Crippen LogP contribution in [0.2, 0.25) is 0 Å². The van der Waals surface area contributed by atoms with Crippen LogP contribution in [0.15, 0.2) is 60.7 Å². The van der Waals surface area contributed by atoms with Crippen molar-refractivity contribution in [3.05, 3.63) is 72.0 Å². The van der Waals surface area contributed by atoms with E-state index in [0.717, 1.165) is 5.56 Å². The summed E-state index contributed by atoms with van der Waals surface area (Å²) in [4.78, 5) is 15.3. The Bertz CT molecular complexity index is 996. The summed E-state index contributed by atoms with van der Waals surface area (Å²) >= 11 is 0. The number of nitriles is 1. The number of benzene rings is 2. The fourth-order valence-corrected chi connectivity index (χ4v) is 2.34. The lowest BCUT2D eigenvalue weighted by Gasteiger charge is -2.09. The summed E-state index contributed by atoms with van der Waals surface area (Å²) in [5.74, 6) is 0.625. The molecule has 3 aromatic rings. The number of ether oxygens (including phenoxy) is 1. The number of pyridine rings is 1. The number of primary amides is 1. The molecule has 0 saturated heterocycles. The van der Waals surface area contributed by atoms with Gasteiger partial charge in [0.2, 0.25) is 5.91 Å². The highest BCUT2D eigenvalue weighted by molar-refractivity contribution is 5.78. The SMILES string of the molecule is N#Cc1cc(NCC(N)=O)nc(-c2ccc(Oc3ccc(F)cc3)cc2)c1. The minimum atomic E-state index is -0.525. The van der Waals surface area contributed by atoms with E-state index < -0.39 is 5.91 Å². The number of hydrogen-bond acceptors (Lipinski definition) is 5. The van der Waals surface area contributed by atoms with E-state index >= 15 is 0 Å². The highest BCUT2D eigenvalue weighted by Gasteiger charge is 2.07. The average Bonchev–Trinajstić information content (AvgIpc) is 2.68. The summed E-state index contributed by atoms with van der Waals surface area (Å²) in [7, 11) is 0. The van der Waals surface area contributed by atoms with Crippen LogP contribution < -0.4 is 15.8 Å². The maximum atomic E-state index is 12.9. The number of halogens is 1. The highest BCUT2D eigenvalue weighted by Crippen LogP contribution is 2.26. The van der Waals surface area contributed by atoms with E-state index in [2.05, 4.69) is 16.4 Å². The van der Waals surface area contributed by atoms with Crippen LogP contribution in [-0.2, 0) is 4.79 Å². The van der Waals surface area contributed by atoms with Crippen molar-refractivity contribution in [1.29, 1.82) is 5.26 Å². The molecular formula is C20H15FN4O2. The Balaban J connectivity index is 1.81. The molecule has 0 aliphatic heterocycles. The topological polar surface area (TPSA) is 101 Å². The summed E-state index contributed by atoms with van der Waals surface area (Å²) in [6, 6.07) is 18.0. The van der Waals surface area contributed by atoms with E-state index in [9.17, 15) is 14.4 Å².